The second kappa shape index (κ2) is 8.17. The Bertz CT molecular complexity index is 950. The van der Waals surface area contributed by atoms with Gasteiger partial charge in [-0.2, -0.15) is 5.10 Å². The van der Waals surface area contributed by atoms with Crippen molar-refractivity contribution in [1.82, 2.24) is 0 Å². The minimum atomic E-state index is -0.944. The molecule has 1 aliphatic rings. The van der Waals surface area contributed by atoms with Crippen molar-refractivity contribution >= 4 is 29.1 Å². The first-order valence-electron chi connectivity index (χ1n) is 9.14. The molecule has 0 unspecified atom stereocenters. The minimum absolute atomic E-state index is 0.128. The molecular weight excluding hydrogens is 356 g/mol. The van der Waals surface area contributed by atoms with E-state index in [1.165, 1.54) is 5.01 Å². The molecule has 3 rings (SSSR count). The van der Waals surface area contributed by atoms with Gasteiger partial charge in [-0.3, -0.25) is 9.59 Å². The Morgan fingerprint density at radius 3 is 2.43 bits per heavy atom. The lowest BCUT2D eigenvalue weighted by molar-refractivity contribution is -0.138. The van der Waals surface area contributed by atoms with Crippen LogP contribution < -0.4 is 5.01 Å². The van der Waals surface area contributed by atoms with Crippen LogP contribution in [0.2, 0.25) is 0 Å². The zero-order valence-electron chi connectivity index (χ0n) is 16.1. The van der Waals surface area contributed by atoms with E-state index in [-0.39, 0.29) is 30.2 Å². The number of esters is 1. The molecule has 0 radical (unpaired) electrons. The van der Waals surface area contributed by atoms with Crippen molar-refractivity contribution in [3.8, 4) is 0 Å². The SMILES string of the molecule is Cc1ccc(C(=O)[C@H](C)OC(=O)C2=NN(c3ccccc3)C(=O)CC2)cc1C. The van der Waals surface area contributed by atoms with E-state index in [2.05, 4.69) is 5.10 Å². The number of ketones is 1. The minimum Gasteiger partial charge on any atom is -0.450 e. The Balaban J connectivity index is 1.73. The van der Waals surface area contributed by atoms with E-state index in [4.69, 9.17) is 4.74 Å². The summed E-state index contributed by atoms with van der Waals surface area (Å²) in [4.78, 5) is 37.2. The number of carbonyl (C=O) groups is 3. The molecule has 0 spiro atoms. The highest BCUT2D eigenvalue weighted by atomic mass is 16.5. The fourth-order valence-electron chi connectivity index (χ4n) is 2.88. The van der Waals surface area contributed by atoms with Crippen LogP contribution in [0.15, 0.2) is 53.6 Å². The van der Waals surface area contributed by atoms with Crippen LogP contribution in [-0.2, 0) is 14.3 Å². The number of ether oxygens (including phenoxy) is 1. The summed E-state index contributed by atoms with van der Waals surface area (Å²) in [5.74, 6) is -1.15. The van der Waals surface area contributed by atoms with Gasteiger partial charge in [0.15, 0.2) is 6.10 Å². The van der Waals surface area contributed by atoms with E-state index < -0.39 is 12.1 Å². The van der Waals surface area contributed by atoms with Crippen LogP contribution in [0.4, 0.5) is 5.69 Å². The molecule has 6 heteroatoms. The van der Waals surface area contributed by atoms with Crippen LogP contribution in [0.1, 0.15) is 41.3 Å². The summed E-state index contributed by atoms with van der Waals surface area (Å²) in [6, 6.07) is 14.3. The number of carbonyl (C=O) groups excluding carboxylic acids is 3. The highest BCUT2D eigenvalue weighted by molar-refractivity contribution is 6.38. The molecule has 0 saturated carbocycles. The Morgan fingerprint density at radius 2 is 1.75 bits per heavy atom. The van der Waals surface area contributed by atoms with Gasteiger partial charge in [-0.05, 0) is 50.1 Å². The van der Waals surface area contributed by atoms with Gasteiger partial charge in [0.2, 0.25) is 11.7 Å². The summed E-state index contributed by atoms with van der Waals surface area (Å²) in [7, 11) is 0. The zero-order chi connectivity index (χ0) is 20.3. The van der Waals surface area contributed by atoms with E-state index in [9.17, 15) is 14.4 Å². The smallest absolute Gasteiger partial charge is 0.355 e. The molecule has 0 aliphatic carbocycles. The van der Waals surface area contributed by atoms with Crippen molar-refractivity contribution in [3.05, 3.63) is 65.2 Å². The van der Waals surface area contributed by atoms with Crippen LogP contribution in [0.25, 0.3) is 0 Å². The molecule has 2 aromatic rings. The number of rotatable bonds is 5. The molecule has 0 bridgehead atoms. The molecule has 1 amide bonds. The van der Waals surface area contributed by atoms with E-state index in [1.54, 1.807) is 43.3 Å². The summed E-state index contributed by atoms with van der Waals surface area (Å²) < 4.78 is 5.34. The number of hydrazone groups is 1. The molecule has 6 nitrogen and oxygen atoms in total. The van der Waals surface area contributed by atoms with Crippen molar-refractivity contribution in [2.24, 2.45) is 5.10 Å². The normalized spacial score (nSPS) is 15.0. The molecule has 0 fully saturated rings. The summed E-state index contributed by atoms with van der Waals surface area (Å²) in [5.41, 5.74) is 3.29. The maximum absolute atomic E-state index is 12.6. The molecule has 1 heterocycles. The maximum Gasteiger partial charge on any atom is 0.355 e. The predicted molar refractivity (Wildman–Crippen MR) is 106 cm³/mol. The van der Waals surface area contributed by atoms with E-state index in [0.717, 1.165) is 11.1 Å². The fourth-order valence-corrected chi connectivity index (χ4v) is 2.88. The summed E-state index contributed by atoms with van der Waals surface area (Å²) in [6.45, 7) is 5.43. The molecule has 144 valence electrons. The van der Waals surface area contributed by atoms with Gasteiger partial charge in [0, 0.05) is 18.4 Å². The predicted octanol–water partition coefficient (Wildman–Crippen LogP) is 3.60. The quantitative estimate of drug-likeness (QED) is 0.588. The second-order valence-electron chi connectivity index (χ2n) is 6.80. The van der Waals surface area contributed by atoms with Crippen molar-refractivity contribution in [2.75, 3.05) is 5.01 Å². The highest BCUT2D eigenvalue weighted by Gasteiger charge is 2.29. The number of hydrogen-bond acceptors (Lipinski definition) is 5. The van der Waals surface area contributed by atoms with Crippen molar-refractivity contribution in [1.29, 1.82) is 0 Å². The van der Waals surface area contributed by atoms with Crippen LogP contribution in [0, 0.1) is 13.8 Å². The number of anilines is 1. The zero-order valence-corrected chi connectivity index (χ0v) is 16.1. The standard InChI is InChI=1S/C22H22N2O4/c1-14-9-10-17(13-15(14)2)21(26)16(3)28-22(27)19-11-12-20(25)24(23-19)18-7-5-4-6-8-18/h4-10,13,16H,11-12H2,1-3H3/t16-/m0/s1. The second-order valence-corrected chi connectivity index (χ2v) is 6.80. The van der Waals surface area contributed by atoms with Crippen molar-refractivity contribution in [2.45, 2.75) is 39.7 Å². The Hall–Kier alpha value is -3.28. The highest BCUT2D eigenvalue weighted by Crippen LogP contribution is 2.20. The number of amides is 1. The van der Waals surface area contributed by atoms with E-state index >= 15 is 0 Å². The molecular formula is C22H22N2O4. The molecule has 28 heavy (non-hydrogen) atoms. The third-order valence-electron chi connectivity index (χ3n) is 4.71. The number of Topliss-reactive ketones (excluding diaryl/α,β-unsaturated/α-hetero) is 1. The lowest BCUT2D eigenvalue weighted by Crippen LogP contribution is -2.36. The van der Waals surface area contributed by atoms with Crippen molar-refractivity contribution < 1.29 is 19.1 Å². The van der Waals surface area contributed by atoms with Gasteiger partial charge < -0.3 is 4.74 Å². The molecule has 0 N–H and O–H groups in total. The number of nitrogens with zero attached hydrogens (tertiary/aromatic N) is 2. The first kappa shape index (κ1) is 19.5. The van der Waals surface area contributed by atoms with Gasteiger partial charge >= 0.3 is 5.97 Å². The van der Waals surface area contributed by atoms with Crippen LogP contribution in [-0.4, -0.2) is 29.5 Å². The lowest BCUT2D eigenvalue weighted by atomic mass is 10.0. The van der Waals surface area contributed by atoms with Crippen LogP contribution in [0.3, 0.4) is 0 Å². The van der Waals surface area contributed by atoms with E-state index in [1.807, 2.05) is 26.0 Å². The number of para-hydroxylation sites is 1. The molecule has 1 atom stereocenters. The Morgan fingerprint density at radius 1 is 1.04 bits per heavy atom. The topological polar surface area (TPSA) is 76.0 Å². The third kappa shape index (κ3) is 4.17. The summed E-state index contributed by atoms with van der Waals surface area (Å²) in [5, 5.41) is 5.36. The fraction of sp³-hybridized carbons (Fsp3) is 0.273. The Kier molecular flexibility index (Phi) is 5.68. The summed E-state index contributed by atoms with van der Waals surface area (Å²) >= 11 is 0. The third-order valence-corrected chi connectivity index (χ3v) is 4.71. The number of aryl methyl sites for hydroxylation is 2. The number of benzene rings is 2. The van der Waals surface area contributed by atoms with Crippen molar-refractivity contribution in [3.63, 3.8) is 0 Å². The monoisotopic (exact) mass is 378 g/mol. The lowest BCUT2D eigenvalue weighted by Gasteiger charge is -2.23. The molecule has 1 aliphatic heterocycles. The first-order valence-corrected chi connectivity index (χ1v) is 9.14. The average molecular weight is 378 g/mol. The van der Waals surface area contributed by atoms with Crippen LogP contribution in [0.5, 0.6) is 0 Å². The van der Waals surface area contributed by atoms with Gasteiger partial charge in [-0.15, -0.1) is 0 Å². The largest absolute Gasteiger partial charge is 0.450 e. The maximum atomic E-state index is 12.6. The number of hydrogen-bond donors (Lipinski definition) is 0. The average Bonchev–Trinajstić information content (AvgIpc) is 2.70. The van der Waals surface area contributed by atoms with Crippen LogP contribution >= 0.6 is 0 Å². The molecule has 0 aromatic heterocycles. The first-order chi connectivity index (χ1) is 13.4. The van der Waals surface area contributed by atoms with Gasteiger partial charge in [-0.1, -0.05) is 30.3 Å². The summed E-state index contributed by atoms with van der Waals surface area (Å²) in [6.07, 6.45) is -0.603. The molecule has 2 aromatic carbocycles. The van der Waals surface area contributed by atoms with E-state index in [0.29, 0.717) is 11.3 Å². The Labute approximate surface area is 163 Å². The van der Waals surface area contributed by atoms with Gasteiger partial charge in [0.25, 0.3) is 0 Å². The van der Waals surface area contributed by atoms with Gasteiger partial charge in [-0.25, -0.2) is 9.80 Å². The molecule has 0 saturated heterocycles. The van der Waals surface area contributed by atoms with Gasteiger partial charge in [0.05, 0.1) is 5.69 Å². The van der Waals surface area contributed by atoms with Gasteiger partial charge in [0.1, 0.15) is 5.71 Å².